The first-order valence-corrected chi connectivity index (χ1v) is 7.74. The van der Waals surface area contributed by atoms with Crippen molar-refractivity contribution in [1.29, 1.82) is 0 Å². The van der Waals surface area contributed by atoms with E-state index in [1.54, 1.807) is 38.3 Å². The number of ether oxygens (including phenoxy) is 2. The molecule has 0 saturated carbocycles. The predicted octanol–water partition coefficient (Wildman–Crippen LogP) is 1.36. The molecule has 1 N–H and O–H groups in total. The van der Waals surface area contributed by atoms with Gasteiger partial charge in [-0.25, -0.2) is 4.79 Å². The second kappa shape index (κ2) is 7.92. The van der Waals surface area contributed by atoms with Gasteiger partial charge in [0.2, 0.25) is 5.91 Å². The van der Waals surface area contributed by atoms with E-state index < -0.39 is 12.1 Å². The number of carbonyl (C=O) groups excluding carboxylic acids is 2. The van der Waals surface area contributed by atoms with Gasteiger partial charge in [0, 0.05) is 24.9 Å². The molecule has 1 heterocycles. The maximum absolute atomic E-state index is 12.3. The second-order valence-electron chi connectivity index (χ2n) is 5.72. The summed E-state index contributed by atoms with van der Waals surface area (Å²) >= 11 is 0. The molecule has 130 valence electrons. The SMILES string of the molecule is COc1ccc(C(=O)CCC(=O)N2CC(C(=O)O)O[C@H](C)C2)cc1. The van der Waals surface area contributed by atoms with Crippen LogP contribution in [0.5, 0.6) is 5.75 Å². The molecule has 7 nitrogen and oxygen atoms in total. The van der Waals surface area contributed by atoms with Crippen molar-refractivity contribution >= 4 is 17.7 Å². The molecule has 1 aromatic carbocycles. The highest BCUT2D eigenvalue weighted by Crippen LogP contribution is 2.16. The normalized spacial score (nSPS) is 20.5. The van der Waals surface area contributed by atoms with Gasteiger partial charge in [-0.15, -0.1) is 0 Å². The fourth-order valence-electron chi connectivity index (χ4n) is 2.59. The fraction of sp³-hybridized carbons (Fsp3) is 0.471. The van der Waals surface area contributed by atoms with Crippen molar-refractivity contribution in [3.05, 3.63) is 29.8 Å². The number of hydrogen-bond acceptors (Lipinski definition) is 5. The molecule has 1 aliphatic rings. The number of benzene rings is 1. The van der Waals surface area contributed by atoms with Gasteiger partial charge in [0.05, 0.1) is 19.8 Å². The summed E-state index contributed by atoms with van der Waals surface area (Å²) in [5.41, 5.74) is 0.516. The van der Waals surface area contributed by atoms with Crippen LogP contribution in [0.1, 0.15) is 30.1 Å². The molecule has 7 heteroatoms. The molecular formula is C17H21NO6. The topological polar surface area (TPSA) is 93.1 Å². The van der Waals surface area contributed by atoms with Gasteiger partial charge >= 0.3 is 5.97 Å². The second-order valence-corrected chi connectivity index (χ2v) is 5.72. The molecule has 1 unspecified atom stereocenters. The minimum atomic E-state index is -1.09. The number of hydrogen-bond donors (Lipinski definition) is 1. The molecule has 0 bridgehead atoms. The van der Waals surface area contributed by atoms with Crippen LogP contribution < -0.4 is 4.74 Å². The number of amides is 1. The number of rotatable bonds is 6. The van der Waals surface area contributed by atoms with Crippen LogP contribution in [-0.2, 0) is 14.3 Å². The zero-order chi connectivity index (χ0) is 17.7. The van der Waals surface area contributed by atoms with Gasteiger partial charge in [0.1, 0.15) is 5.75 Å². The van der Waals surface area contributed by atoms with Gasteiger partial charge in [0.15, 0.2) is 11.9 Å². The first kappa shape index (κ1) is 17.9. The third-order valence-corrected chi connectivity index (χ3v) is 3.87. The molecule has 0 spiro atoms. The molecule has 2 rings (SSSR count). The Kier molecular flexibility index (Phi) is 5.92. The molecule has 0 radical (unpaired) electrons. The van der Waals surface area contributed by atoms with Gasteiger partial charge in [-0.3, -0.25) is 9.59 Å². The van der Waals surface area contributed by atoms with Gasteiger partial charge in [-0.05, 0) is 31.2 Å². The smallest absolute Gasteiger partial charge is 0.334 e. The van der Waals surface area contributed by atoms with Crippen molar-refractivity contribution in [2.45, 2.75) is 32.0 Å². The lowest BCUT2D eigenvalue weighted by molar-refractivity contribution is -0.166. The number of ketones is 1. The number of nitrogens with zero attached hydrogens (tertiary/aromatic N) is 1. The summed E-state index contributed by atoms with van der Waals surface area (Å²) in [6.45, 7) is 2.06. The molecule has 1 aliphatic heterocycles. The van der Waals surface area contributed by atoms with Gasteiger partial charge in [0.25, 0.3) is 0 Å². The van der Waals surface area contributed by atoms with Gasteiger partial charge in [-0.1, -0.05) is 0 Å². The lowest BCUT2D eigenvalue weighted by Gasteiger charge is -2.35. The zero-order valence-electron chi connectivity index (χ0n) is 13.7. The number of carbonyl (C=O) groups is 3. The highest BCUT2D eigenvalue weighted by atomic mass is 16.5. The zero-order valence-corrected chi connectivity index (χ0v) is 13.7. The molecule has 0 aromatic heterocycles. The standard InChI is InChI=1S/C17H21NO6/c1-11-9-18(10-15(24-11)17(21)22)16(20)8-7-14(19)12-3-5-13(23-2)6-4-12/h3-6,11,15H,7-10H2,1-2H3,(H,21,22)/t11-,15?/m1/s1. The highest BCUT2D eigenvalue weighted by molar-refractivity contribution is 5.98. The Hall–Kier alpha value is -2.41. The quantitative estimate of drug-likeness (QED) is 0.789. The predicted molar refractivity (Wildman–Crippen MR) is 85.1 cm³/mol. The monoisotopic (exact) mass is 335 g/mol. The average molecular weight is 335 g/mol. The van der Waals surface area contributed by atoms with E-state index in [4.69, 9.17) is 14.6 Å². The molecule has 1 saturated heterocycles. The Morgan fingerprint density at radius 1 is 1.21 bits per heavy atom. The van der Waals surface area contributed by atoms with E-state index >= 15 is 0 Å². The van der Waals surface area contributed by atoms with Crippen molar-refractivity contribution < 1.29 is 29.0 Å². The summed E-state index contributed by atoms with van der Waals surface area (Å²) in [6.07, 6.45) is -1.24. The van der Waals surface area contributed by atoms with E-state index in [2.05, 4.69) is 0 Å². The number of methoxy groups -OCH3 is 1. The number of carboxylic acids is 1. The Balaban J connectivity index is 1.89. The van der Waals surface area contributed by atoms with Crippen LogP contribution in [0.15, 0.2) is 24.3 Å². The summed E-state index contributed by atoms with van der Waals surface area (Å²) in [6, 6.07) is 6.69. The number of carboxylic acid groups (broad SMARTS) is 1. The van der Waals surface area contributed by atoms with Crippen LogP contribution in [0.25, 0.3) is 0 Å². The van der Waals surface area contributed by atoms with Crippen LogP contribution in [0.3, 0.4) is 0 Å². The van der Waals surface area contributed by atoms with Crippen molar-refractivity contribution in [3.63, 3.8) is 0 Å². The van der Waals surface area contributed by atoms with Crippen molar-refractivity contribution in [2.75, 3.05) is 20.2 Å². The first-order chi connectivity index (χ1) is 11.4. The van der Waals surface area contributed by atoms with E-state index in [-0.39, 0.29) is 37.2 Å². The minimum absolute atomic E-state index is 0.00916. The van der Waals surface area contributed by atoms with Crippen molar-refractivity contribution in [3.8, 4) is 5.75 Å². The van der Waals surface area contributed by atoms with E-state index in [1.807, 2.05) is 0 Å². The third kappa shape index (κ3) is 4.55. The molecule has 2 atom stereocenters. The van der Waals surface area contributed by atoms with E-state index in [0.717, 1.165) is 0 Å². The van der Waals surface area contributed by atoms with E-state index in [0.29, 0.717) is 17.9 Å². The largest absolute Gasteiger partial charge is 0.497 e. The molecule has 24 heavy (non-hydrogen) atoms. The summed E-state index contributed by atoms with van der Waals surface area (Å²) in [5.74, 6) is -0.807. The van der Waals surface area contributed by atoms with Gasteiger partial charge in [-0.2, -0.15) is 0 Å². The van der Waals surface area contributed by atoms with Gasteiger partial charge < -0.3 is 19.5 Å². The maximum atomic E-state index is 12.3. The number of Topliss-reactive ketones (excluding diaryl/α,β-unsaturated/α-hetero) is 1. The Morgan fingerprint density at radius 3 is 2.46 bits per heavy atom. The molecular weight excluding hydrogens is 314 g/mol. The first-order valence-electron chi connectivity index (χ1n) is 7.74. The summed E-state index contributed by atoms with van der Waals surface area (Å²) in [4.78, 5) is 36.9. The number of morpholine rings is 1. The molecule has 0 aliphatic carbocycles. The molecule has 1 fully saturated rings. The third-order valence-electron chi connectivity index (χ3n) is 3.87. The summed E-state index contributed by atoms with van der Waals surface area (Å²) < 4.78 is 10.3. The lowest BCUT2D eigenvalue weighted by Crippen LogP contribution is -2.51. The van der Waals surface area contributed by atoms with Crippen LogP contribution in [0.2, 0.25) is 0 Å². The van der Waals surface area contributed by atoms with E-state index in [1.165, 1.54) is 4.90 Å². The fourth-order valence-corrected chi connectivity index (χ4v) is 2.59. The Bertz CT molecular complexity index is 612. The number of aliphatic carboxylic acids is 1. The minimum Gasteiger partial charge on any atom is -0.497 e. The Morgan fingerprint density at radius 2 is 1.88 bits per heavy atom. The molecule has 1 aromatic rings. The highest BCUT2D eigenvalue weighted by Gasteiger charge is 2.32. The molecule has 1 amide bonds. The van der Waals surface area contributed by atoms with Crippen molar-refractivity contribution in [1.82, 2.24) is 4.90 Å². The van der Waals surface area contributed by atoms with Crippen molar-refractivity contribution in [2.24, 2.45) is 0 Å². The van der Waals surface area contributed by atoms with Crippen LogP contribution in [0, 0.1) is 0 Å². The maximum Gasteiger partial charge on any atom is 0.334 e. The van der Waals surface area contributed by atoms with Crippen LogP contribution in [-0.4, -0.2) is 60.1 Å². The van der Waals surface area contributed by atoms with E-state index in [9.17, 15) is 14.4 Å². The Labute approximate surface area is 140 Å². The average Bonchev–Trinajstić information content (AvgIpc) is 2.58. The lowest BCUT2D eigenvalue weighted by atomic mass is 10.1. The van der Waals surface area contributed by atoms with Crippen LogP contribution >= 0.6 is 0 Å². The summed E-state index contributed by atoms with van der Waals surface area (Å²) in [7, 11) is 1.54. The summed E-state index contributed by atoms with van der Waals surface area (Å²) in [5, 5.41) is 9.04. The van der Waals surface area contributed by atoms with Crippen LogP contribution in [0.4, 0.5) is 0 Å².